The second-order valence-corrected chi connectivity index (χ2v) is 4.93. The summed E-state index contributed by atoms with van der Waals surface area (Å²) in [5, 5.41) is 11.6. The summed E-state index contributed by atoms with van der Waals surface area (Å²) in [5.74, 6) is 1.51. The molecule has 3 aromatic rings. The van der Waals surface area contributed by atoms with Gasteiger partial charge in [0.1, 0.15) is 12.7 Å². The molecular formula is C14H13N5O2. The molecule has 0 saturated carbocycles. The van der Waals surface area contributed by atoms with E-state index in [4.69, 9.17) is 9.26 Å². The van der Waals surface area contributed by atoms with Crippen LogP contribution in [0.15, 0.2) is 41.4 Å². The van der Waals surface area contributed by atoms with Gasteiger partial charge in [0.05, 0.1) is 6.61 Å². The third-order valence-corrected chi connectivity index (χ3v) is 3.57. The predicted octanol–water partition coefficient (Wildman–Crippen LogP) is 1.82. The summed E-state index contributed by atoms with van der Waals surface area (Å²) in [6.45, 7) is 1.44. The first kappa shape index (κ1) is 12.2. The number of aromatic nitrogens is 5. The van der Waals surface area contributed by atoms with E-state index < -0.39 is 0 Å². The molecule has 1 fully saturated rings. The van der Waals surface area contributed by atoms with Crippen molar-refractivity contribution in [2.75, 3.05) is 13.2 Å². The first-order valence-corrected chi connectivity index (χ1v) is 6.77. The van der Waals surface area contributed by atoms with Crippen LogP contribution in [0.4, 0.5) is 0 Å². The molecule has 0 unspecified atom stereocenters. The topological polar surface area (TPSA) is 78.9 Å². The van der Waals surface area contributed by atoms with Crippen molar-refractivity contribution in [3.8, 4) is 17.1 Å². The third-order valence-electron chi connectivity index (χ3n) is 3.57. The highest BCUT2D eigenvalue weighted by molar-refractivity contribution is 5.55. The molecule has 0 N–H and O–H groups in total. The summed E-state index contributed by atoms with van der Waals surface area (Å²) < 4.78 is 12.5. The zero-order valence-electron chi connectivity index (χ0n) is 11.2. The lowest BCUT2D eigenvalue weighted by Gasteiger charge is -2.01. The van der Waals surface area contributed by atoms with Crippen LogP contribution in [0.25, 0.3) is 17.1 Å². The molecule has 0 spiro atoms. The molecule has 3 heterocycles. The third kappa shape index (κ3) is 2.31. The first-order chi connectivity index (χ1) is 10.4. The minimum atomic E-state index is 0.249. The summed E-state index contributed by atoms with van der Waals surface area (Å²) in [7, 11) is 0. The van der Waals surface area contributed by atoms with Gasteiger partial charge in [-0.05, 0) is 30.7 Å². The number of ether oxygens (including phenoxy) is 1. The van der Waals surface area contributed by atoms with Crippen LogP contribution in [0.1, 0.15) is 18.2 Å². The molecule has 21 heavy (non-hydrogen) atoms. The summed E-state index contributed by atoms with van der Waals surface area (Å²) in [6, 6.07) is 7.80. The Hall–Kier alpha value is -2.54. The van der Waals surface area contributed by atoms with Crippen molar-refractivity contribution in [2.24, 2.45) is 0 Å². The molecule has 1 saturated heterocycles. The van der Waals surface area contributed by atoms with Crippen molar-refractivity contribution >= 4 is 0 Å². The van der Waals surface area contributed by atoms with E-state index in [9.17, 15) is 0 Å². The normalized spacial score (nSPS) is 18.2. The SMILES string of the molecule is c1cc(-n2cnnc2)ccc1-c1nc([C@@H]2CCOC2)no1. The molecule has 1 aliphatic heterocycles. The molecular weight excluding hydrogens is 270 g/mol. The van der Waals surface area contributed by atoms with Crippen molar-refractivity contribution in [2.45, 2.75) is 12.3 Å². The Morgan fingerprint density at radius 3 is 2.62 bits per heavy atom. The van der Waals surface area contributed by atoms with Crippen LogP contribution in [0.3, 0.4) is 0 Å². The lowest BCUT2D eigenvalue weighted by Crippen LogP contribution is -1.99. The van der Waals surface area contributed by atoms with Gasteiger partial charge >= 0.3 is 0 Å². The molecule has 7 heteroatoms. The lowest BCUT2D eigenvalue weighted by atomic mass is 10.1. The van der Waals surface area contributed by atoms with Crippen LogP contribution >= 0.6 is 0 Å². The number of rotatable bonds is 3. The predicted molar refractivity (Wildman–Crippen MR) is 72.8 cm³/mol. The van der Waals surface area contributed by atoms with Gasteiger partial charge in [-0.25, -0.2) is 0 Å². The van der Waals surface area contributed by atoms with Gasteiger partial charge in [0.2, 0.25) is 0 Å². The molecule has 2 aromatic heterocycles. The Kier molecular flexibility index (Phi) is 2.97. The Bertz CT molecular complexity index is 714. The molecule has 1 aliphatic rings. The monoisotopic (exact) mass is 283 g/mol. The lowest BCUT2D eigenvalue weighted by molar-refractivity contribution is 0.192. The highest BCUT2D eigenvalue weighted by Gasteiger charge is 2.23. The molecule has 0 bridgehead atoms. The van der Waals surface area contributed by atoms with Crippen molar-refractivity contribution in [3.63, 3.8) is 0 Å². The largest absolute Gasteiger partial charge is 0.381 e. The van der Waals surface area contributed by atoms with Crippen LogP contribution in [0.2, 0.25) is 0 Å². The van der Waals surface area contributed by atoms with Gasteiger partial charge in [-0.15, -0.1) is 10.2 Å². The van der Waals surface area contributed by atoms with Crippen LogP contribution in [-0.4, -0.2) is 38.1 Å². The van der Waals surface area contributed by atoms with Crippen LogP contribution in [0, 0.1) is 0 Å². The van der Waals surface area contributed by atoms with Crippen molar-refractivity contribution in [1.29, 1.82) is 0 Å². The Labute approximate surface area is 120 Å². The molecule has 0 amide bonds. The molecule has 106 valence electrons. The minimum Gasteiger partial charge on any atom is -0.381 e. The number of hydrogen-bond acceptors (Lipinski definition) is 6. The van der Waals surface area contributed by atoms with Gasteiger partial charge in [0.25, 0.3) is 5.89 Å². The zero-order chi connectivity index (χ0) is 14.1. The fourth-order valence-electron chi connectivity index (χ4n) is 2.37. The maximum atomic E-state index is 5.35. The summed E-state index contributed by atoms with van der Waals surface area (Å²) in [4.78, 5) is 4.47. The number of nitrogens with zero attached hydrogens (tertiary/aromatic N) is 5. The highest BCUT2D eigenvalue weighted by Crippen LogP contribution is 2.26. The van der Waals surface area contributed by atoms with E-state index >= 15 is 0 Å². The van der Waals surface area contributed by atoms with E-state index in [1.165, 1.54) is 0 Å². The Morgan fingerprint density at radius 2 is 1.90 bits per heavy atom. The van der Waals surface area contributed by atoms with Crippen molar-refractivity contribution in [1.82, 2.24) is 24.9 Å². The van der Waals surface area contributed by atoms with Crippen LogP contribution in [-0.2, 0) is 4.74 Å². The fraction of sp³-hybridized carbons (Fsp3) is 0.286. The summed E-state index contributed by atoms with van der Waals surface area (Å²) in [5.41, 5.74) is 1.87. The van der Waals surface area contributed by atoms with Gasteiger partial charge in [-0.1, -0.05) is 5.16 Å². The first-order valence-electron chi connectivity index (χ1n) is 6.77. The molecule has 0 aliphatic carbocycles. The molecule has 1 atom stereocenters. The van der Waals surface area contributed by atoms with E-state index in [0.717, 1.165) is 30.1 Å². The fourth-order valence-corrected chi connectivity index (χ4v) is 2.37. The van der Waals surface area contributed by atoms with Crippen molar-refractivity contribution < 1.29 is 9.26 Å². The smallest absolute Gasteiger partial charge is 0.257 e. The Balaban J connectivity index is 1.58. The van der Waals surface area contributed by atoms with E-state index in [2.05, 4.69) is 20.3 Å². The standard InChI is InChI=1S/C14H13N5O2/c1-3-12(19-8-15-16-9-19)4-2-10(1)14-17-13(18-21-14)11-5-6-20-7-11/h1-4,8-9,11H,5-7H2/t11-/m1/s1. The maximum Gasteiger partial charge on any atom is 0.257 e. The summed E-state index contributed by atoms with van der Waals surface area (Å²) in [6.07, 6.45) is 4.26. The van der Waals surface area contributed by atoms with E-state index in [0.29, 0.717) is 12.5 Å². The van der Waals surface area contributed by atoms with Gasteiger partial charge in [0.15, 0.2) is 5.82 Å². The van der Waals surface area contributed by atoms with Gasteiger partial charge in [0, 0.05) is 23.8 Å². The number of hydrogen-bond donors (Lipinski definition) is 0. The minimum absolute atomic E-state index is 0.249. The summed E-state index contributed by atoms with van der Waals surface area (Å²) >= 11 is 0. The molecule has 0 radical (unpaired) electrons. The zero-order valence-corrected chi connectivity index (χ0v) is 11.2. The average Bonchev–Trinajstić information content (AvgIpc) is 3.27. The maximum absolute atomic E-state index is 5.35. The molecule has 7 nitrogen and oxygen atoms in total. The second-order valence-electron chi connectivity index (χ2n) is 4.93. The van der Waals surface area contributed by atoms with Crippen molar-refractivity contribution in [3.05, 3.63) is 42.7 Å². The van der Waals surface area contributed by atoms with Crippen LogP contribution in [0.5, 0.6) is 0 Å². The van der Waals surface area contributed by atoms with E-state index in [1.54, 1.807) is 12.7 Å². The van der Waals surface area contributed by atoms with E-state index in [1.807, 2.05) is 28.8 Å². The van der Waals surface area contributed by atoms with E-state index in [-0.39, 0.29) is 5.92 Å². The Morgan fingerprint density at radius 1 is 1.10 bits per heavy atom. The quantitative estimate of drug-likeness (QED) is 0.729. The highest BCUT2D eigenvalue weighted by atomic mass is 16.5. The van der Waals surface area contributed by atoms with Gasteiger partial charge in [-0.2, -0.15) is 4.98 Å². The van der Waals surface area contributed by atoms with Gasteiger partial charge in [-0.3, -0.25) is 4.57 Å². The molecule has 4 rings (SSSR count). The molecule has 1 aromatic carbocycles. The van der Waals surface area contributed by atoms with Crippen LogP contribution < -0.4 is 0 Å². The second kappa shape index (κ2) is 5.10. The average molecular weight is 283 g/mol. The number of benzene rings is 1. The van der Waals surface area contributed by atoms with Gasteiger partial charge < -0.3 is 9.26 Å².